The number of nitrogen functional groups attached to an aromatic ring is 1. The van der Waals surface area contributed by atoms with E-state index in [1.165, 1.54) is 30.3 Å². The molecule has 0 aliphatic heterocycles. The van der Waals surface area contributed by atoms with Gasteiger partial charge < -0.3 is 15.9 Å². The Morgan fingerprint density at radius 3 is 2.03 bits per heavy atom. The molecule has 0 radical (unpaired) electrons. The molecule has 0 atom stereocenters. The fourth-order valence-corrected chi connectivity index (χ4v) is 7.06. The molecule has 0 saturated carbocycles. The normalized spacial score (nSPS) is 10.3. The zero-order chi connectivity index (χ0) is 43.5. The van der Waals surface area contributed by atoms with E-state index >= 15 is 0 Å². The van der Waals surface area contributed by atoms with Crippen molar-refractivity contribution in [1.29, 1.82) is 0 Å². The van der Waals surface area contributed by atoms with E-state index in [1.54, 1.807) is 30.7 Å². The number of rotatable bonds is 6. The molecule has 9 rings (SSSR count). The van der Waals surface area contributed by atoms with E-state index in [1.807, 2.05) is 89.5 Å². The summed E-state index contributed by atoms with van der Waals surface area (Å²) < 4.78 is 32.1. The molecule has 5 aromatic heterocycles. The molecule has 4 aromatic carbocycles. The number of fused-ring (bicyclic) bond motifs is 3. The number of nitrogens with two attached hydrogens (primary N) is 1. The first-order chi connectivity index (χ1) is 29.4. The Kier molecular flexibility index (Phi) is 18.2. The maximum atomic E-state index is 14.7. The summed E-state index contributed by atoms with van der Waals surface area (Å²) in [6, 6.07) is 35.1. The second-order valence-electron chi connectivity index (χ2n) is 12.8. The van der Waals surface area contributed by atoms with E-state index in [9.17, 15) is 13.6 Å². The fraction of sp³-hybridized carbons (Fsp3) is 0.0222. The first-order valence-corrected chi connectivity index (χ1v) is 20.2. The van der Waals surface area contributed by atoms with Crippen LogP contribution in [-0.2, 0) is 16.1 Å². The van der Waals surface area contributed by atoms with Gasteiger partial charge in [0.05, 0.1) is 22.3 Å². The molecule has 306 valence electrons. The quantitative estimate of drug-likeness (QED) is 0.0574. The summed E-state index contributed by atoms with van der Waals surface area (Å²) in [7, 11) is 0. The van der Waals surface area contributed by atoms with Crippen LogP contribution in [0, 0.1) is 11.6 Å². The first-order valence-electron chi connectivity index (χ1n) is 17.8. The van der Waals surface area contributed by atoms with Gasteiger partial charge in [-0.2, -0.15) is 0 Å². The molecule has 2 N–H and O–H groups in total. The van der Waals surface area contributed by atoms with Gasteiger partial charge in [0, 0.05) is 72.1 Å². The number of hydrogen-bond donors (Lipinski definition) is 1. The summed E-state index contributed by atoms with van der Waals surface area (Å²) in [5.74, 6) is -0.649. The number of pyridine rings is 4. The number of ketones is 1. The van der Waals surface area contributed by atoms with Crippen molar-refractivity contribution in [2.45, 2.75) is 6.42 Å². The molecule has 17 heteroatoms. The maximum Gasteiger partial charge on any atom is 1.00 e. The van der Waals surface area contributed by atoms with Crippen molar-refractivity contribution in [1.82, 2.24) is 24.3 Å². The monoisotopic (exact) mass is 1020 g/mol. The molecule has 5 heterocycles. The van der Waals surface area contributed by atoms with Crippen LogP contribution in [0.25, 0.3) is 50.0 Å². The van der Waals surface area contributed by atoms with E-state index in [0.717, 1.165) is 53.2 Å². The van der Waals surface area contributed by atoms with Gasteiger partial charge in [-0.3, -0.25) is 24.0 Å². The van der Waals surface area contributed by atoms with Gasteiger partial charge in [0.25, 0.3) is 6.47 Å². The molecule has 0 spiro atoms. The molecule has 62 heavy (non-hydrogen) atoms. The van der Waals surface area contributed by atoms with Crippen molar-refractivity contribution in [3.8, 4) is 22.5 Å². The summed E-state index contributed by atoms with van der Waals surface area (Å²) in [5, 5.41) is 11.1. The van der Waals surface area contributed by atoms with Crippen LogP contribution >= 0.6 is 55.1 Å². The van der Waals surface area contributed by atoms with Gasteiger partial charge in [-0.15, -0.1) is 0 Å². The predicted octanol–water partition coefficient (Wildman–Crippen LogP) is 8.09. The third-order valence-corrected chi connectivity index (χ3v) is 10.0. The van der Waals surface area contributed by atoms with E-state index in [0.29, 0.717) is 27.1 Å². The van der Waals surface area contributed by atoms with Crippen molar-refractivity contribution in [2.75, 3.05) is 5.73 Å². The number of hydrogen-bond acceptors (Lipinski definition) is 9. The topological polar surface area (TPSA) is 148 Å². The number of anilines is 1. The minimum absolute atomic E-state index is 0. The van der Waals surface area contributed by atoms with Crippen molar-refractivity contribution in [3.63, 3.8) is 0 Å². The second kappa shape index (κ2) is 23.2. The zero-order valence-corrected chi connectivity index (χ0v) is 40.2. The molecule has 0 unspecified atom stereocenters. The molecule has 9 aromatic rings. The number of carbonyl (C=O) groups is 2. The minimum Gasteiger partial charge on any atom is -0.662 e. The number of Topliss-reactive ketones (excluding diaryl/α,β-unsaturated/α-hetero) is 1. The SMILES string of the molecule is Fc1ccc(Cl)cc1-c1nc2ccccn2c1-c1ccc2ncc(Br)cc2c1.Nc1ccccn1.O=C(Cc1ccc2ncc(Br)cc2c1)c1cc(Cl)ccc1F.O=CO[O-].[K+]. The molecule has 10 nitrogen and oxygen atoms in total. The Labute approximate surface area is 422 Å². The number of carbonyl (C=O) groups excluding carboxylic acids is 2. The van der Waals surface area contributed by atoms with E-state index in [2.05, 4.69) is 51.7 Å². The summed E-state index contributed by atoms with van der Waals surface area (Å²) in [6.45, 7) is -0.181. The van der Waals surface area contributed by atoms with Crippen LogP contribution in [0.4, 0.5) is 14.6 Å². The van der Waals surface area contributed by atoms with Crippen LogP contribution in [-0.4, -0.2) is 36.6 Å². The third kappa shape index (κ3) is 12.8. The van der Waals surface area contributed by atoms with Crippen LogP contribution in [0.2, 0.25) is 10.0 Å². The summed E-state index contributed by atoms with van der Waals surface area (Å²) in [5.41, 5.74) is 11.2. The van der Waals surface area contributed by atoms with Gasteiger partial charge >= 0.3 is 51.4 Å². The summed E-state index contributed by atoms with van der Waals surface area (Å²) >= 11 is 18.8. The largest absolute Gasteiger partial charge is 1.00 e. The van der Waals surface area contributed by atoms with Crippen LogP contribution in [0.15, 0.2) is 155 Å². The number of imidazole rings is 1. The number of halogens is 6. The Hall–Kier alpha value is -4.52. The minimum atomic E-state index is -0.556. The molecule has 0 aliphatic rings. The number of benzene rings is 4. The van der Waals surface area contributed by atoms with Crippen molar-refractivity contribution < 1.29 is 79.9 Å². The predicted molar refractivity (Wildman–Crippen MR) is 239 cm³/mol. The molecular formula is C45H29Br2Cl2F2KN6O4. The Morgan fingerprint density at radius 2 is 1.40 bits per heavy atom. The van der Waals surface area contributed by atoms with E-state index < -0.39 is 5.82 Å². The van der Waals surface area contributed by atoms with E-state index in [4.69, 9.17) is 44.0 Å². The standard InChI is InChI=1S/C22H12BrClFN3.C17H10BrClFNO.C5H6N2.CH2O3.K/c23-15-10-14-9-13(4-7-19(14)26-12-15)22-21(17-11-16(24)5-6-18(17)25)27-20-3-1-2-8-28(20)22;18-12-7-11-5-10(1-4-16(11)21-9-12)6-17(22)14-8-13(19)2-3-15(14)20;6-5-3-1-2-4-7-5;2-1-4-3;/h1-12H;1-5,7-9H,6H2;1-4H,(H2,6,7);1,3H;/q;;;;+1/p-1. The van der Waals surface area contributed by atoms with Crippen LogP contribution in [0.3, 0.4) is 0 Å². The molecule has 0 bridgehead atoms. The number of aromatic nitrogens is 5. The van der Waals surface area contributed by atoms with Gasteiger partial charge in [0.15, 0.2) is 5.78 Å². The van der Waals surface area contributed by atoms with Gasteiger partial charge in [-0.25, -0.2) is 18.7 Å². The van der Waals surface area contributed by atoms with Gasteiger partial charge in [-0.05, 0) is 134 Å². The average molecular weight is 1030 g/mol. The van der Waals surface area contributed by atoms with Gasteiger partial charge in [-0.1, -0.05) is 47.5 Å². The second-order valence-corrected chi connectivity index (χ2v) is 15.5. The van der Waals surface area contributed by atoms with Crippen molar-refractivity contribution in [2.24, 2.45) is 0 Å². The van der Waals surface area contributed by atoms with Gasteiger partial charge in [0.1, 0.15) is 28.8 Å². The summed E-state index contributed by atoms with van der Waals surface area (Å²) in [4.78, 5) is 40.7. The Morgan fingerprint density at radius 1 is 0.774 bits per heavy atom. The molecule has 0 amide bonds. The van der Waals surface area contributed by atoms with Crippen LogP contribution < -0.4 is 62.4 Å². The first kappa shape index (κ1) is 48.5. The fourth-order valence-electron chi connectivity index (χ4n) is 6.02. The average Bonchev–Trinajstić information content (AvgIpc) is 3.65. The van der Waals surface area contributed by atoms with Crippen LogP contribution in [0.5, 0.6) is 0 Å². The molecule has 0 aliphatic carbocycles. The van der Waals surface area contributed by atoms with Crippen molar-refractivity contribution in [3.05, 3.63) is 188 Å². The maximum absolute atomic E-state index is 14.7. The molecule has 0 fully saturated rings. The zero-order valence-electron chi connectivity index (χ0n) is 32.4. The van der Waals surface area contributed by atoms with Crippen molar-refractivity contribution >= 4 is 101 Å². The van der Waals surface area contributed by atoms with Gasteiger partial charge in [0.2, 0.25) is 0 Å². The van der Waals surface area contributed by atoms with E-state index in [-0.39, 0.29) is 81.4 Å². The number of nitrogens with zero attached hydrogens (tertiary/aromatic N) is 5. The summed E-state index contributed by atoms with van der Waals surface area (Å²) in [6.07, 6.45) is 7.18. The Balaban J connectivity index is 0.000000189. The Bertz CT molecular complexity index is 3010. The molecular weight excluding hydrogens is 996 g/mol. The third-order valence-electron chi connectivity index (χ3n) is 8.67. The molecule has 0 saturated heterocycles. The smallest absolute Gasteiger partial charge is 0.662 e. The van der Waals surface area contributed by atoms with Crippen LogP contribution in [0.1, 0.15) is 15.9 Å².